The van der Waals surface area contributed by atoms with Gasteiger partial charge < -0.3 is 0 Å². The molecule has 0 aromatic heterocycles. The van der Waals surface area contributed by atoms with Crippen LogP contribution < -0.4 is 0 Å². The van der Waals surface area contributed by atoms with E-state index < -0.39 is 9.85 Å². The maximum Gasteiger partial charge on any atom is 0.269 e. The summed E-state index contributed by atoms with van der Waals surface area (Å²) in [5.74, 6) is 0. The normalized spacial score (nSPS) is 9.57. The Bertz CT molecular complexity index is 551. The van der Waals surface area contributed by atoms with Gasteiger partial charge in [-0.25, -0.2) is 0 Å². The number of rotatable bonds is 2. The van der Waals surface area contributed by atoms with Crippen LogP contribution in [0, 0.1) is 20.2 Å². The van der Waals surface area contributed by atoms with Gasteiger partial charge in [-0.3, -0.25) is 20.2 Å². The number of nitrogens with zero attached hydrogens (tertiary/aromatic N) is 2. The van der Waals surface area contributed by atoms with Gasteiger partial charge in [0.1, 0.15) is 0 Å². The average molecular weight is 578 g/mol. The van der Waals surface area contributed by atoms with E-state index in [4.69, 9.17) is 0 Å². The van der Waals surface area contributed by atoms with Crippen LogP contribution >= 0.6 is 63.7 Å². The molecule has 0 saturated heterocycles. The molecule has 0 N–H and O–H groups in total. The maximum atomic E-state index is 10.0. The third-order valence-electron chi connectivity index (χ3n) is 1.93. The van der Waals surface area contributed by atoms with Gasteiger partial charge in [0.05, 0.1) is 9.85 Å². The number of para-hydroxylation sites is 2. The largest absolute Gasteiger partial charge is 0.269 e. The predicted octanol–water partition coefficient (Wildman–Crippen LogP) is 6.37. The molecule has 0 heterocycles. The Hall–Kier alpha value is -0.840. The van der Waals surface area contributed by atoms with E-state index in [1.165, 1.54) is 24.3 Å². The van der Waals surface area contributed by atoms with Crippen molar-refractivity contribution in [3.63, 3.8) is 0 Å². The van der Waals surface area contributed by atoms with Gasteiger partial charge in [0.15, 0.2) is 1.05 Å². The molecule has 6 nitrogen and oxygen atoms in total. The molecule has 0 fully saturated rings. The van der Waals surface area contributed by atoms with Crippen LogP contribution in [0.5, 0.6) is 0 Å². The van der Waals surface area contributed by atoms with Crippen molar-refractivity contribution in [2.24, 2.45) is 0 Å². The second-order valence-electron chi connectivity index (χ2n) is 3.61. The van der Waals surface area contributed by atoms with Crippen LogP contribution in [0.1, 0.15) is 0 Å². The van der Waals surface area contributed by atoms with E-state index in [1.807, 2.05) is 0 Å². The number of non-ortho nitro benzene ring substituents is 2. The summed E-state index contributed by atoms with van der Waals surface area (Å²) in [5.41, 5.74) is 0.273. The summed E-state index contributed by atoms with van der Waals surface area (Å²) in [4.78, 5) is 19.2. The van der Waals surface area contributed by atoms with Crippen molar-refractivity contribution in [2.45, 2.75) is 1.05 Å². The summed E-state index contributed by atoms with van der Waals surface area (Å²) < 4.78 is -0.250. The summed E-state index contributed by atoms with van der Waals surface area (Å²) in [6.45, 7) is 0. The molecule has 2 aromatic rings. The van der Waals surface area contributed by atoms with E-state index >= 15 is 0 Å². The van der Waals surface area contributed by atoms with Gasteiger partial charge in [-0.2, -0.15) is 0 Å². The van der Waals surface area contributed by atoms with E-state index in [0.29, 0.717) is 0 Å². The Balaban J connectivity index is 0.000000332. The van der Waals surface area contributed by atoms with Crippen molar-refractivity contribution < 1.29 is 9.85 Å². The zero-order chi connectivity index (χ0) is 17.9. The first-order valence-corrected chi connectivity index (χ1v) is 8.93. The zero-order valence-corrected chi connectivity index (χ0v) is 17.7. The molecule has 124 valence electrons. The van der Waals surface area contributed by atoms with E-state index in [0.717, 1.165) is 0 Å². The molecule has 2 rings (SSSR count). The summed E-state index contributed by atoms with van der Waals surface area (Å²) in [6, 6.07) is 15.9. The van der Waals surface area contributed by atoms with Crippen LogP contribution in [0.2, 0.25) is 0 Å². The van der Waals surface area contributed by atoms with E-state index in [9.17, 15) is 20.2 Å². The van der Waals surface area contributed by atoms with Gasteiger partial charge in [0, 0.05) is 24.3 Å². The van der Waals surface area contributed by atoms with Gasteiger partial charge in [0.2, 0.25) is 0 Å². The summed E-state index contributed by atoms with van der Waals surface area (Å²) in [5, 5.41) is 20.0. The molecule has 10 heteroatoms. The van der Waals surface area contributed by atoms with Gasteiger partial charge in [-0.05, 0) is 63.7 Å². The second-order valence-corrected chi connectivity index (χ2v) is 14.8. The molecule has 0 amide bonds. The van der Waals surface area contributed by atoms with Crippen molar-refractivity contribution in [1.29, 1.82) is 0 Å². The molecular formula is C13H10Br4N2O4. The lowest BCUT2D eigenvalue weighted by Crippen LogP contribution is -1.84. The van der Waals surface area contributed by atoms with Crippen molar-refractivity contribution in [3.05, 3.63) is 80.9 Å². The minimum Gasteiger partial charge on any atom is -0.258 e. The minimum absolute atomic E-state index is 0.137. The molecule has 0 unspecified atom stereocenters. The van der Waals surface area contributed by atoms with Crippen molar-refractivity contribution in [2.75, 3.05) is 0 Å². The van der Waals surface area contributed by atoms with Crippen LogP contribution in [0.25, 0.3) is 0 Å². The van der Waals surface area contributed by atoms with Crippen LogP contribution in [-0.2, 0) is 0 Å². The topological polar surface area (TPSA) is 86.3 Å². The first kappa shape index (κ1) is 22.2. The number of hydrogen-bond acceptors (Lipinski definition) is 4. The van der Waals surface area contributed by atoms with Gasteiger partial charge in [0.25, 0.3) is 11.4 Å². The molecular weight excluding hydrogens is 568 g/mol. The molecule has 0 aliphatic rings. The van der Waals surface area contributed by atoms with Crippen LogP contribution in [0.4, 0.5) is 11.4 Å². The summed E-state index contributed by atoms with van der Waals surface area (Å²) in [6.07, 6.45) is 0. The fourth-order valence-corrected chi connectivity index (χ4v) is 1.10. The van der Waals surface area contributed by atoms with Gasteiger partial charge in [-0.1, -0.05) is 36.4 Å². The highest BCUT2D eigenvalue weighted by Crippen LogP contribution is 2.39. The van der Waals surface area contributed by atoms with E-state index in [1.54, 1.807) is 36.4 Å². The lowest BCUT2D eigenvalue weighted by atomic mass is 10.3. The molecule has 0 aliphatic carbocycles. The average Bonchev–Trinajstić information content (AvgIpc) is 2.48. The zero-order valence-electron chi connectivity index (χ0n) is 11.3. The van der Waals surface area contributed by atoms with Crippen molar-refractivity contribution in [3.8, 4) is 0 Å². The third kappa shape index (κ3) is 14.5. The van der Waals surface area contributed by atoms with E-state index in [-0.39, 0.29) is 12.4 Å². The molecule has 0 atom stereocenters. The SMILES string of the molecule is BrC(Br)(Br)Br.O=[N+]([O-])c1ccccc1.O=[N+]([O-])c1ccccc1. The van der Waals surface area contributed by atoms with E-state index in [2.05, 4.69) is 63.7 Å². The summed E-state index contributed by atoms with van der Waals surface area (Å²) in [7, 11) is 0. The fraction of sp³-hybridized carbons (Fsp3) is 0.0769. The highest BCUT2D eigenvalue weighted by molar-refractivity contribution is 9.52. The Kier molecular flexibility index (Phi) is 11.2. The molecule has 0 saturated carbocycles. The molecule has 2 aromatic carbocycles. The van der Waals surface area contributed by atoms with Crippen LogP contribution in [0.15, 0.2) is 60.7 Å². The molecule has 0 spiro atoms. The third-order valence-corrected chi connectivity index (χ3v) is 1.93. The van der Waals surface area contributed by atoms with Gasteiger partial charge >= 0.3 is 0 Å². The van der Waals surface area contributed by atoms with Crippen LogP contribution in [0.3, 0.4) is 0 Å². The first-order valence-electron chi connectivity index (χ1n) is 5.75. The number of alkyl halides is 4. The number of nitro groups is 2. The number of halogens is 4. The quantitative estimate of drug-likeness (QED) is 0.236. The fourth-order valence-electron chi connectivity index (χ4n) is 1.10. The van der Waals surface area contributed by atoms with Gasteiger partial charge in [-0.15, -0.1) is 0 Å². The van der Waals surface area contributed by atoms with Crippen molar-refractivity contribution in [1.82, 2.24) is 0 Å². The Labute approximate surface area is 166 Å². The maximum absolute atomic E-state index is 10.0. The predicted molar refractivity (Wildman–Crippen MR) is 105 cm³/mol. The lowest BCUT2D eigenvalue weighted by molar-refractivity contribution is -0.385. The standard InChI is InChI=1S/2C6H5NO2.CBr4/c2*8-7(9)6-4-2-1-3-5-6;2-1(3,4)5/h2*1-5H;. The number of hydrogen-bond donors (Lipinski definition) is 0. The smallest absolute Gasteiger partial charge is 0.258 e. The van der Waals surface area contributed by atoms with Crippen LogP contribution in [-0.4, -0.2) is 10.9 Å². The minimum atomic E-state index is -0.417. The number of nitro benzene ring substituents is 2. The Morgan fingerprint density at radius 3 is 1.00 bits per heavy atom. The number of benzene rings is 2. The second kappa shape index (κ2) is 11.7. The highest BCUT2D eigenvalue weighted by Gasteiger charge is 2.08. The van der Waals surface area contributed by atoms with Crippen molar-refractivity contribution >= 4 is 75.1 Å². The highest BCUT2D eigenvalue weighted by atomic mass is 80.0. The lowest BCUT2D eigenvalue weighted by Gasteiger charge is -1.93. The first-order chi connectivity index (χ1) is 10.6. The Morgan fingerprint density at radius 2 is 0.870 bits per heavy atom. The molecule has 23 heavy (non-hydrogen) atoms. The summed E-state index contributed by atoms with van der Waals surface area (Å²) >= 11 is 12.5. The monoisotopic (exact) mass is 574 g/mol. The Morgan fingerprint density at radius 1 is 0.652 bits per heavy atom. The molecule has 0 bridgehead atoms. The molecule has 0 aliphatic heterocycles. The molecule has 0 radical (unpaired) electrons.